The van der Waals surface area contributed by atoms with E-state index in [0.717, 1.165) is 37.3 Å². The molecule has 2 saturated heterocycles. The average molecular weight is 279 g/mol. The summed E-state index contributed by atoms with van der Waals surface area (Å²) in [6.45, 7) is 4.74. The van der Waals surface area contributed by atoms with Crippen molar-refractivity contribution in [3.05, 3.63) is 27.9 Å². The molecule has 2 fully saturated rings. The number of nitro groups is 1. The zero-order valence-corrected chi connectivity index (χ0v) is 11.4. The van der Waals surface area contributed by atoms with Crippen LogP contribution in [0.2, 0.25) is 0 Å². The Labute approximate surface area is 116 Å². The van der Waals surface area contributed by atoms with E-state index in [-0.39, 0.29) is 5.69 Å². The predicted molar refractivity (Wildman–Crippen MR) is 71.7 cm³/mol. The van der Waals surface area contributed by atoms with Crippen LogP contribution < -0.4 is 4.90 Å². The van der Waals surface area contributed by atoms with E-state index in [2.05, 4.69) is 9.88 Å². The summed E-state index contributed by atoms with van der Waals surface area (Å²) < 4.78 is 11.4. The first-order valence-corrected chi connectivity index (χ1v) is 6.74. The summed E-state index contributed by atoms with van der Waals surface area (Å²) in [6.07, 6.45) is 2.91. The molecule has 0 N–H and O–H groups in total. The van der Waals surface area contributed by atoms with Crippen LogP contribution in [0.15, 0.2) is 12.3 Å². The lowest BCUT2D eigenvalue weighted by atomic mass is 10.0. The summed E-state index contributed by atoms with van der Waals surface area (Å²) in [5.74, 6) is 0.397. The molecule has 0 unspecified atom stereocenters. The Hall–Kier alpha value is -1.73. The summed E-state index contributed by atoms with van der Waals surface area (Å²) in [4.78, 5) is 16.7. The van der Waals surface area contributed by atoms with E-state index in [1.165, 1.54) is 6.20 Å². The van der Waals surface area contributed by atoms with Crippen molar-refractivity contribution in [1.29, 1.82) is 0 Å². The van der Waals surface area contributed by atoms with Gasteiger partial charge in [0, 0.05) is 32.0 Å². The molecular formula is C13H17N3O4. The quantitative estimate of drug-likeness (QED) is 0.605. The van der Waals surface area contributed by atoms with Gasteiger partial charge in [-0.2, -0.15) is 0 Å². The molecule has 0 aliphatic carbocycles. The molecule has 0 bridgehead atoms. The van der Waals surface area contributed by atoms with Crippen LogP contribution in [-0.2, 0) is 9.47 Å². The fourth-order valence-corrected chi connectivity index (χ4v) is 2.83. The van der Waals surface area contributed by atoms with Gasteiger partial charge < -0.3 is 14.4 Å². The third kappa shape index (κ3) is 2.34. The first kappa shape index (κ1) is 13.3. The highest BCUT2D eigenvalue weighted by Gasteiger charge is 2.40. The van der Waals surface area contributed by atoms with Crippen molar-refractivity contribution in [2.45, 2.75) is 25.6 Å². The molecule has 0 atom stereocenters. The van der Waals surface area contributed by atoms with Crippen LogP contribution in [0.1, 0.15) is 18.4 Å². The Morgan fingerprint density at radius 2 is 2.00 bits per heavy atom. The molecular weight excluding hydrogens is 262 g/mol. The van der Waals surface area contributed by atoms with Crippen LogP contribution in [0, 0.1) is 17.0 Å². The number of ether oxygens (including phenoxy) is 2. The normalized spacial score (nSPS) is 21.4. The number of pyridine rings is 1. The molecule has 7 nitrogen and oxygen atoms in total. The van der Waals surface area contributed by atoms with Gasteiger partial charge in [0.15, 0.2) is 5.79 Å². The van der Waals surface area contributed by atoms with E-state index in [4.69, 9.17) is 9.47 Å². The Morgan fingerprint density at radius 1 is 1.35 bits per heavy atom. The molecule has 0 amide bonds. The highest BCUT2D eigenvalue weighted by molar-refractivity contribution is 5.50. The summed E-state index contributed by atoms with van der Waals surface area (Å²) in [5, 5.41) is 10.7. The molecule has 2 aliphatic rings. The number of anilines is 1. The van der Waals surface area contributed by atoms with Crippen LogP contribution in [0.3, 0.4) is 0 Å². The molecule has 3 rings (SSSR count). The van der Waals surface area contributed by atoms with Crippen LogP contribution >= 0.6 is 0 Å². The molecule has 108 valence electrons. The number of nitrogens with zero attached hydrogens (tertiary/aromatic N) is 3. The standard InChI is InChI=1S/C13H17N3O4/c1-10-8-11(16(17)18)9-14-12(10)15-4-2-13(3-5-15)19-6-7-20-13/h8-9H,2-7H2,1H3. The fraction of sp³-hybridized carbons (Fsp3) is 0.615. The molecule has 1 aromatic heterocycles. The number of aryl methyl sites for hydroxylation is 1. The molecule has 20 heavy (non-hydrogen) atoms. The minimum atomic E-state index is -0.421. The molecule has 7 heteroatoms. The minimum Gasteiger partial charge on any atom is -0.356 e. The molecule has 3 heterocycles. The summed E-state index contributed by atoms with van der Waals surface area (Å²) in [5.41, 5.74) is 0.852. The van der Waals surface area contributed by atoms with Crippen LogP contribution in [0.25, 0.3) is 0 Å². The van der Waals surface area contributed by atoms with Crippen LogP contribution in [0.4, 0.5) is 11.5 Å². The second kappa shape index (κ2) is 4.99. The van der Waals surface area contributed by atoms with Gasteiger partial charge in [0.2, 0.25) is 0 Å². The van der Waals surface area contributed by atoms with Gasteiger partial charge in [-0.15, -0.1) is 0 Å². The lowest BCUT2D eigenvalue weighted by Gasteiger charge is -2.38. The Balaban J connectivity index is 1.73. The van der Waals surface area contributed by atoms with E-state index >= 15 is 0 Å². The number of hydrogen-bond donors (Lipinski definition) is 0. The smallest absolute Gasteiger partial charge is 0.287 e. The van der Waals surface area contributed by atoms with Crippen molar-refractivity contribution in [2.24, 2.45) is 0 Å². The van der Waals surface area contributed by atoms with E-state index in [0.29, 0.717) is 13.2 Å². The van der Waals surface area contributed by atoms with Gasteiger partial charge in [0.05, 0.1) is 18.1 Å². The second-order valence-electron chi connectivity index (χ2n) is 5.19. The maximum Gasteiger partial charge on any atom is 0.287 e. The van der Waals surface area contributed by atoms with Gasteiger partial charge in [-0.05, 0) is 12.5 Å². The third-order valence-corrected chi connectivity index (χ3v) is 3.89. The highest BCUT2D eigenvalue weighted by Crippen LogP contribution is 2.33. The highest BCUT2D eigenvalue weighted by atomic mass is 16.7. The predicted octanol–water partition coefficient (Wildman–Crippen LogP) is 1.64. The zero-order valence-electron chi connectivity index (χ0n) is 11.4. The van der Waals surface area contributed by atoms with Crippen molar-refractivity contribution in [3.63, 3.8) is 0 Å². The van der Waals surface area contributed by atoms with Crippen molar-refractivity contribution in [3.8, 4) is 0 Å². The maximum atomic E-state index is 10.7. The Kier molecular flexibility index (Phi) is 3.31. The number of rotatable bonds is 2. The first-order valence-electron chi connectivity index (χ1n) is 6.74. The molecule has 0 radical (unpaired) electrons. The number of piperidine rings is 1. The van der Waals surface area contributed by atoms with Gasteiger partial charge in [0.1, 0.15) is 12.0 Å². The van der Waals surface area contributed by atoms with Crippen LogP contribution in [-0.4, -0.2) is 42.0 Å². The summed E-state index contributed by atoms with van der Waals surface area (Å²) in [7, 11) is 0. The van der Waals surface area contributed by atoms with E-state index in [1.807, 2.05) is 6.92 Å². The molecule has 1 aromatic rings. The zero-order chi connectivity index (χ0) is 14.2. The van der Waals surface area contributed by atoms with Gasteiger partial charge in [0.25, 0.3) is 5.69 Å². The molecule has 2 aliphatic heterocycles. The first-order chi connectivity index (χ1) is 9.60. The average Bonchev–Trinajstić information content (AvgIpc) is 2.88. The Bertz CT molecular complexity index is 518. The van der Waals surface area contributed by atoms with E-state index < -0.39 is 10.7 Å². The van der Waals surface area contributed by atoms with Gasteiger partial charge >= 0.3 is 0 Å². The monoisotopic (exact) mass is 279 g/mol. The molecule has 0 aromatic carbocycles. The van der Waals surface area contributed by atoms with Gasteiger partial charge in [-0.3, -0.25) is 10.1 Å². The van der Waals surface area contributed by atoms with Crippen LogP contribution in [0.5, 0.6) is 0 Å². The maximum absolute atomic E-state index is 10.7. The van der Waals surface area contributed by atoms with Gasteiger partial charge in [-0.25, -0.2) is 4.98 Å². The SMILES string of the molecule is Cc1cc([N+](=O)[O-])cnc1N1CCC2(CC1)OCCO2. The number of aromatic nitrogens is 1. The van der Waals surface area contributed by atoms with Crippen molar-refractivity contribution >= 4 is 11.5 Å². The van der Waals surface area contributed by atoms with Gasteiger partial charge in [-0.1, -0.05) is 0 Å². The second-order valence-corrected chi connectivity index (χ2v) is 5.19. The van der Waals surface area contributed by atoms with Crippen molar-refractivity contribution in [1.82, 2.24) is 4.98 Å². The Morgan fingerprint density at radius 3 is 2.55 bits per heavy atom. The topological polar surface area (TPSA) is 77.7 Å². The van der Waals surface area contributed by atoms with Crippen molar-refractivity contribution in [2.75, 3.05) is 31.2 Å². The third-order valence-electron chi connectivity index (χ3n) is 3.89. The lowest BCUT2D eigenvalue weighted by molar-refractivity contribution is -0.385. The van der Waals surface area contributed by atoms with E-state index in [1.54, 1.807) is 6.07 Å². The summed E-state index contributed by atoms with van der Waals surface area (Å²) >= 11 is 0. The van der Waals surface area contributed by atoms with Crippen molar-refractivity contribution < 1.29 is 14.4 Å². The summed E-state index contributed by atoms with van der Waals surface area (Å²) in [6, 6.07) is 1.56. The molecule has 1 spiro atoms. The molecule has 0 saturated carbocycles. The largest absolute Gasteiger partial charge is 0.356 e. The van der Waals surface area contributed by atoms with E-state index in [9.17, 15) is 10.1 Å². The fourth-order valence-electron chi connectivity index (χ4n) is 2.83. The number of hydrogen-bond acceptors (Lipinski definition) is 6. The lowest BCUT2D eigenvalue weighted by Crippen LogP contribution is -2.45. The minimum absolute atomic E-state index is 0.0298.